The lowest BCUT2D eigenvalue weighted by atomic mass is 11.4. The molecule has 0 aliphatic rings. The van der Waals surface area contributed by atoms with E-state index in [-0.39, 0.29) is 0 Å². The second-order valence-electron chi connectivity index (χ2n) is 0.864. The van der Waals surface area contributed by atoms with Crippen LogP contribution < -0.4 is 5.73 Å². The summed E-state index contributed by atoms with van der Waals surface area (Å²) >= 11 is 0. The average molecular weight is 95.1 g/mol. The van der Waals surface area contributed by atoms with E-state index < -0.39 is 18.9 Å². The van der Waals surface area contributed by atoms with E-state index in [1.54, 1.807) is 0 Å². The van der Waals surface area contributed by atoms with Crippen LogP contribution in [0.5, 0.6) is 0 Å². The molecule has 0 saturated heterocycles. The number of aliphatic carboxylic acids is 1. The molecule has 0 aromatic carbocycles. The van der Waals surface area contributed by atoms with Crippen molar-refractivity contribution in [2.45, 2.75) is 12.9 Å². The van der Waals surface area contributed by atoms with Gasteiger partial charge in [-0.05, 0) is 6.88 Å². The quantitative estimate of drug-likeness (QED) is 0.338. The van der Waals surface area contributed by atoms with Crippen LogP contribution in [0.4, 0.5) is 0 Å². The van der Waals surface area contributed by atoms with Crippen molar-refractivity contribution < 1.29 is 12.6 Å². The van der Waals surface area contributed by atoms with Gasteiger partial charge in [-0.25, -0.2) is 0 Å². The average Bonchev–Trinajstić information content (AvgIpc) is 1.64. The van der Waals surface area contributed by atoms with Crippen LogP contribution in [0, 0.1) is 0 Å². The van der Waals surface area contributed by atoms with Crippen molar-refractivity contribution in [3.63, 3.8) is 0 Å². The van der Waals surface area contributed by atoms with Crippen LogP contribution >= 0.6 is 0 Å². The van der Waals surface area contributed by atoms with E-state index in [2.05, 4.69) is 0 Å². The van der Waals surface area contributed by atoms with Gasteiger partial charge in [-0.15, -0.1) is 0 Å². The lowest BCUT2D eigenvalue weighted by Gasteiger charge is -1.90. The van der Waals surface area contributed by atoms with Gasteiger partial charge < -0.3 is 10.8 Å². The molecule has 0 heterocycles. The molecular weight excluding hydrogens is 86.0 g/mol. The summed E-state index contributed by atoms with van der Waals surface area (Å²) in [5, 5.41) is 7.99. The van der Waals surface area contributed by atoms with E-state index in [4.69, 9.17) is 13.6 Å². The minimum atomic E-state index is -1.48. The highest BCUT2D eigenvalue weighted by Crippen LogP contribution is 1.68. The molecule has 0 aliphatic carbocycles. The Labute approximate surface area is 38.6 Å². The molecule has 3 N–H and O–H groups in total. The lowest BCUT2D eigenvalue weighted by Crippen LogP contribution is -2.25. The van der Waals surface area contributed by atoms with Crippen LogP contribution in [-0.4, -0.2) is 17.1 Å². The third kappa shape index (κ3) is 1.72. The zero-order valence-electron chi connectivity index (χ0n) is 5.09. The highest BCUT2D eigenvalue weighted by atomic mass is 16.5. The van der Waals surface area contributed by atoms with Gasteiger partial charge >= 0.3 is 5.97 Å². The van der Waals surface area contributed by atoms with Crippen LogP contribution in [-0.2, 0) is 4.79 Å². The van der Waals surface area contributed by atoms with Crippen LogP contribution in [0.1, 0.15) is 9.62 Å². The molecule has 0 fully saturated rings. The predicted molar refractivity (Wildman–Crippen MR) is 21.3 cm³/mol. The molecule has 0 saturated carbocycles. The molecule has 0 spiro atoms. The normalized spacial score (nSPS) is 19.0. The van der Waals surface area contributed by atoms with Crippen molar-refractivity contribution in [2.24, 2.45) is 5.73 Å². The van der Waals surface area contributed by atoms with Crippen LogP contribution in [0.3, 0.4) is 0 Å². The van der Waals surface area contributed by atoms with Crippen molar-refractivity contribution in [1.82, 2.24) is 0 Å². The highest BCUT2D eigenvalue weighted by molar-refractivity contribution is 5.72. The molecule has 3 nitrogen and oxygen atoms in total. The topological polar surface area (TPSA) is 63.3 Å². The zero-order valence-corrected chi connectivity index (χ0v) is 3.09. The SMILES string of the molecule is [2H][13CH]([2H])[13C@H]([15NH2])[13C](=O)O. The number of nitrogens with two attached hydrogens (primary N) is 1. The Bertz CT molecular complexity index is 95.3. The summed E-state index contributed by atoms with van der Waals surface area (Å²) in [4.78, 5) is 9.78. The fourth-order valence-corrected chi connectivity index (χ4v) is 0. The molecule has 0 unspecified atom stereocenters. The minimum absolute atomic E-state index is 1.31. The second-order valence-corrected chi connectivity index (χ2v) is 0.864. The monoisotopic (exact) mass is 95.1 g/mol. The summed E-state index contributed by atoms with van der Waals surface area (Å²) < 4.78 is 12.9. The van der Waals surface area contributed by atoms with E-state index in [1.807, 2.05) is 0 Å². The van der Waals surface area contributed by atoms with Gasteiger partial charge in [-0.3, -0.25) is 4.79 Å². The van der Waals surface area contributed by atoms with Crippen LogP contribution in [0.2, 0.25) is 0 Å². The molecule has 3 heteroatoms. The Kier molecular flexibility index (Phi) is 0.759. The molecule has 0 aromatic rings. The smallest absolute Gasteiger partial charge is 0.320 e. The van der Waals surface area contributed by atoms with E-state index in [0.717, 1.165) is 0 Å². The highest BCUT2D eigenvalue weighted by Gasteiger charge is 1.99. The Balaban J connectivity index is 3.64. The maximum atomic E-state index is 9.78. The Morgan fingerprint density at radius 3 is 2.83 bits per heavy atom. The number of carboxylic acids is 1. The van der Waals surface area contributed by atoms with E-state index in [0.29, 0.717) is 0 Å². The van der Waals surface area contributed by atoms with Gasteiger partial charge in [0, 0.05) is 2.74 Å². The Morgan fingerprint density at radius 2 is 2.83 bits per heavy atom. The summed E-state index contributed by atoms with van der Waals surface area (Å²) in [5.41, 5.74) is 4.78. The van der Waals surface area contributed by atoms with Crippen molar-refractivity contribution >= 4 is 5.97 Å². The fourth-order valence-electron chi connectivity index (χ4n) is 0. The Hall–Kier alpha value is -0.570. The second kappa shape index (κ2) is 1.77. The maximum absolute atomic E-state index is 9.78. The van der Waals surface area contributed by atoms with Crippen LogP contribution in [0.25, 0.3) is 0 Å². The van der Waals surface area contributed by atoms with E-state index in [9.17, 15) is 4.79 Å². The molecule has 6 heavy (non-hydrogen) atoms. The Morgan fingerprint density at radius 1 is 2.33 bits per heavy atom. The first kappa shape index (κ1) is 2.58. The summed E-state index contributed by atoms with van der Waals surface area (Å²) in [6.45, 7) is -1.48. The van der Waals surface area contributed by atoms with Crippen LogP contribution in [0.15, 0.2) is 0 Å². The summed E-state index contributed by atoms with van der Waals surface area (Å²) in [6.07, 6.45) is 0. The first-order chi connectivity index (χ1) is 3.55. The van der Waals surface area contributed by atoms with Gasteiger partial charge in [-0.1, -0.05) is 0 Å². The van der Waals surface area contributed by atoms with Gasteiger partial charge in [0.2, 0.25) is 0 Å². The number of carbonyl (C=O) groups is 1. The molecule has 0 rings (SSSR count). The van der Waals surface area contributed by atoms with Crippen molar-refractivity contribution in [3.8, 4) is 0 Å². The first-order valence-electron chi connectivity index (χ1n) is 2.54. The molecule has 0 bridgehead atoms. The first-order valence-corrected chi connectivity index (χ1v) is 1.38. The summed E-state index contributed by atoms with van der Waals surface area (Å²) in [5.74, 6) is -1.31. The molecular formula is C3H7NO2. The largest absolute Gasteiger partial charge is 0.480 e. The van der Waals surface area contributed by atoms with Gasteiger partial charge in [0.15, 0.2) is 0 Å². The number of hydrogen-bond acceptors (Lipinski definition) is 2. The fraction of sp³-hybridized carbons (Fsp3) is 0.667. The minimum Gasteiger partial charge on any atom is -0.480 e. The summed E-state index contributed by atoms with van der Waals surface area (Å²) in [6, 6.07) is -1.38. The zero-order chi connectivity index (χ0) is 6.73. The molecule has 0 aliphatic heterocycles. The van der Waals surface area contributed by atoms with Gasteiger partial charge in [-0.2, -0.15) is 0 Å². The molecule has 1 atom stereocenters. The number of carboxylic acid groups (broad SMARTS) is 1. The van der Waals surface area contributed by atoms with E-state index >= 15 is 0 Å². The third-order valence-electron chi connectivity index (χ3n) is 0.285. The number of hydrogen-bond donors (Lipinski definition) is 2. The standard InChI is InChI=1S/C3H7NO2/c1-2(4)3(5)6/h2H,4H2,1H3,(H,5,6)/t2-/m0/s1/i1+1D2,2+1,3+1,4+1. The van der Waals surface area contributed by atoms with Crippen molar-refractivity contribution in [3.05, 3.63) is 0 Å². The van der Waals surface area contributed by atoms with Gasteiger partial charge in [0.05, 0.1) is 0 Å². The maximum Gasteiger partial charge on any atom is 0.320 e. The van der Waals surface area contributed by atoms with Crippen molar-refractivity contribution in [2.75, 3.05) is 0 Å². The van der Waals surface area contributed by atoms with Crippen molar-refractivity contribution in [1.29, 1.82) is 0 Å². The van der Waals surface area contributed by atoms with Gasteiger partial charge in [0.25, 0.3) is 0 Å². The molecule has 36 valence electrons. The third-order valence-corrected chi connectivity index (χ3v) is 0.285. The van der Waals surface area contributed by atoms with Gasteiger partial charge in [0.1, 0.15) is 6.04 Å². The number of rotatable bonds is 1. The molecule has 0 radical (unpaired) electrons. The predicted octanol–water partition coefficient (Wildman–Crippen LogP) is -0.582. The lowest BCUT2D eigenvalue weighted by molar-refractivity contribution is -0.138. The molecule has 0 aromatic heterocycles. The summed E-state index contributed by atoms with van der Waals surface area (Å²) in [7, 11) is 0. The molecule has 0 amide bonds. The van der Waals surface area contributed by atoms with E-state index in [1.165, 1.54) is 0 Å².